The molecule has 0 aliphatic heterocycles. The Morgan fingerprint density at radius 1 is 1.13 bits per heavy atom. The maximum atomic E-state index is 14.0. The molecule has 0 fully saturated rings. The molecule has 0 atom stereocenters. The van der Waals surface area contributed by atoms with E-state index in [1.54, 1.807) is 28.9 Å². The van der Waals surface area contributed by atoms with Crippen molar-refractivity contribution in [1.29, 1.82) is 0 Å². The molecule has 1 aromatic carbocycles. The van der Waals surface area contributed by atoms with Crippen molar-refractivity contribution in [3.8, 4) is 11.3 Å². The maximum Gasteiger partial charge on any atom is 0.157 e. The number of benzene rings is 1. The minimum Gasteiger partial charge on any atom is -0.370 e. The zero-order chi connectivity index (χ0) is 16.1. The summed E-state index contributed by atoms with van der Waals surface area (Å²) in [6.07, 6.45) is 4.82. The summed E-state index contributed by atoms with van der Waals surface area (Å²) in [6, 6.07) is 10.3. The van der Waals surface area contributed by atoms with Gasteiger partial charge in [0, 0.05) is 24.2 Å². The number of unbranched alkanes of at least 4 members (excludes halogenated alkanes) is 2. The number of nitrogens with one attached hydrogen (secondary N) is 1. The molecule has 2 aromatic heterocycles. The van der Waals surface area contributed by atoms with E-state index in [1.807, 2.05) is 12.1 Å². The SMILES string of the molecule is NCCCCCNc1cc(-c2ccccc2F)nc2ccnn12. The van der Waals surface area contributed by atoms with Crippen LogP contribution in [0, 0.1) is 5.82 Å². The number of nitrogens with two attached hydrogens (primary N) is 1. The van der Waals surface area contributed by atoms with E-state index in [9.17, 15) is 4.39 Å². The summed E-state index contributed by atoms with van der Waals surface area (Å²) in [5.41, 5.74) is 7.28. The molecule has 0 bridgehead atoms. The molecule has 6 heteroatoms. The van der Waals surface area contributed by atoms with Gasteiger partial charge in [0.2, 0.25) is 0 Å². The Kier molecular flexibility index (Phi) is 4.83. The Labute approximate surface area is 134 Å². The van der Waals surface area contributed by atoms with Crippen molar-refractivity contribution in [1.82, 2.24) is 14.6 Å². The molecule has 0 unspecified atom stereocenters. The highest BCUT2D eigenvalue weighted by Gasteiger charge is 2.10. The Balaban J connectivity index is 1.88. The van der Waals surface area contributed by atoms with Crippen molar-refractivity contribution in [3.63, 3.8) is 0 Å². The summed E-state index contributed by atoms with van der Waals surface area (Å²) < 4.78 is 15.8. The van der Waals surface area contributed by atoms with E-state index in [0.717, 1.165) is 38.2 Å². The van der Waals surface area contributed by atoms with E-state index in [-0.39, 0.29) is 5.82 Å². The van der Waals surface area contributed by atoms with Crippen LogP contribution in [-0.2, 0) is 0 Å². The van der Waals surface area contributed by atoms with Crippen LogP contribution in [0.2, 0.25) is 0 Å². The first-order chi connectivity index (χ1) is 11.3. The summed E-state index contributed by atoms with van der Waals surface area (Å²) in [6.45, 7) is 1.53. The molecule has 0 spiro atoms. The van der Waals surface area contributed by atoms with E-state index >= 15 is 0 Å². The minimum atomic E-state index is -0.280. The van der Waals surface area contributed by atoms with Crippen molar-refractivity contribution < 1.29 is 4.39 Å². The first-order valence-corrected chi connectivity index (χ1v) is 7.83. The summed E-state index contributed by atoms with van der Waals surface area (Å²) in [4.78, 5) is 4.49. The van der Waals surface area contributed by atoms with Gasteiger partial charge in [0.25, 0.3) is 0 Å². The van der Waals surface area contributed by atoms with E-state index in [0.29, 0.717) is 16.9 Å². The molecule has 0 aliphatic carbocycles. The van der Waals surface area contributed by atoms with Gasteiger partial charge in [-0.25, -0.2) is 9.37 Å². The van der Waals surface area contributed by atoms with Gasteiger partial charge in [-0.3, -0.25) is 0 Å². The lowest BCUT2D eigenvalue weighted by Gasteiger charge is -2.11. The van der Waals surface area contributed by atoms with Gasteiger partial charge in [-0.05, 0) is 31.5 Å². The first-order valence-electron chi connectivity index (χ1n) is 7.83. The average Bonchev–Trinajstić information content (AvgIpc) is 3.03. The third-order valence-electron chi connectivity index (χ3n) is 3.70. The Bertz CT molecular complexity index is 784. The minimum absolute atomic E-state index is 0.280. The van der Waals surface area contributed by atoms with Gasteiger partial charge in [-0.1, -0.05) is 18.6 Å². The molecular formula is C17H20FN5. The second kappa shape index (κ2) is 7.19. The van der Waals surface area contributed by atoms with Crippen molar-refractivity contribution in [3.05, 3.63) is 48.4 Å². The van der Waals surface area contributed by atoms with Gasteiger partial charge in [0.1, 0.15) is 11.6 Å². The molecule has 0 aliphatic rings. The standard InChI is InChI=1S/C17H20FN5/c18-14-7-3-2-6-13(14)15-12-17(20-10-5-1-4-9-19)23-16(22-15)8-11-21-23/h2-3,6-8,11-12,20H,1,4-5,9-10,19H2. The van der Waals surface area contributed by atoms with Crippen LogP contribution in [-0.4, -0.2) is 27.7 Å². The van der Waals surface area contributed by atoms with Gasteiger partial charge in [0.15, 0.2) is 5.65 Å². The Morgan fingerprint density at radius 2 is 2.00 bits per heavy atom. The predicted octanol–water partition coefficient (Wildman–Crippen LogP) is 3.08. The Hall–Kier alpha value is -2.47. The Morgan fingerprint density at radius 3 is 2.83 bits per heavy atom. The lowest BCUT2D eigenvalue weighted by molar-refractivity contribution is 0.630. The van der Waals surface area contributed by atoms with Gasteiger partial charge >= 0.3 is 0 Å². The highest BCUT2D eigenvalue weighted by Crippen LogP contribution is 2.24. The molecule has 0 saturated heterocycles. The second-order valence-corrected chi connectivity index (χ2v) is 5.38. The molecule has 0 radical (unpaired) electrons. The molecule has 0 amide bonds. The average molecular weight is 313 g/mol. The molecule has 5 nitrogen and oxygen atoms in total. The molecule has 0 saturated carbocycles. The smallest absolute Gasteiger partial charge is 0.157 e. The lowest BCUT2D eigenvalue weighted by Crippen LogP contribution is -2.09. The number of nitrogens with zero attached hydrogens (tertiary/aromatic N) is 3. The molecule has 23 heavy (non-hydrogen) atoms. The molecule has 3 aromatic rings. The zero-order valence-corrected chi connectivity index (χ0v) is 12.9. The van der Waals surface area contributed by atoms with E-state index < -0.39 is 0 Å². The molecule has 3 rings (SSSR count). The maximum absolute atomic E-state index is 14.0. The van der Waals surface area contributed by atoms with Crippen molar-refractivity contribution >= 4 is 11.5 Å². The fourth-order valence-corrected chi connectivity index (χ4v) is 2.51. The van der Waals surface area contributed by atoms with E-state index in [2.05, 4.69) is 15.4 Å². The first kappa shape index (κ1) is 15.4. The van der Waals surface area contributed by atoms with Gasteiger partial charge in [-0.15, -0.1) is 0 Å². The number of rotatable bonds is 7. The monoisotopic (exact) mass is 313 g/mol. The van der Waals surface area contributed by atoms with Crippen LogP contribution in [0.25, 0.3) is 16.9 Å². The van der Waals surface area contributed by atoms with Crippen LogP contribution in [0.4, 0.5) is 10.2 Å². The van der Waals surface area contributed by atoms with Gasteiger partial charge < -0.3 is 11.1 Å². The number of fused-ring (bicyclic) bond motifs is 1. The van der Waals surface area contributed by atoms with Crippen LogP contribution in [0.3, 0.4) is 0 Å². The molecule has 2 heterocycles. The topological polar surface area (TPSA) is 68.2 Å². The zero-order valence-electron chi connectivity index (χ0n) is 12.9. The largest absolute Gasteiger partial charge is 0.370 e. The number of aromatic nitrogens is 3. The van der Waals surface area contributed by atoms with Crippen LogP contribution in [0.5, 0.6) is 0 Å². The summed E-state index contributed by atoms with van der Waals surface area (Å²) in [5, 5.41) is 7.63. The number of halogens is 1. The van der Waals surface area contributed by atoms with Crippen molar-refractivity contribution in [2.75, 3.05) is 18.4 Å². The van der Waals surface area contributed by atoms with E-state index in [4.69, 9.17) is 5.73 Å². The normalized spacial score (nSPS) is 11.0. The number of anilines is 1. The summed E-state index contributed by atoms with van der Waals surface area (Å²) in [5.74, 6) is 0.531. The highest BCUT2D eigenvalue weighted by atomic mass is 19.1. The molecule has 120 valence electrons. The highest BCUT2D eigenvalue weighted by molar-refractivity contribution is 5.66. The van der Waals surface area contributed by atoms with Crippen LogP contribution >= 0.6 is 0 Å². The van der Waals surface area contributed by atoms with E-state index in [1.165, 1.54) is 6.07 Å². The van der Waals surface area contributed by atoms with Gasteiger partial charge in [-0.2, -0.15) is 9.61 Å². The van der Waals surface area contributed by atoms with Gasteiger partial charge in [0.05, 0.1) is 11.9 Å². The van der Waals surface area contributed by atoms with Crippen molar-refractivity contribution in [2.45, 2.75) is 19.3 Å². The second-order valence-electron chi connectivity index (χ2n) is 5.38. The summed E-state index contributed by atoms with van der Waals surface area (Å²) >= 11 is 0. The summed E-state index contributed by atoms with van der Waals surface area (Å²) in [7, 11) is 0. The molecule has 3 N–H and O–H groups in total. The number of hydrogen-bond donors (Lipinski definition) is 2. The third kappa shape index (κ3) is 3.48. The quantitative estimate of drug-likeness (QED) is 0.658. The third-order valence-corrected chi connectivity index (χ3v) is 3.70. The molecular weight excluding hydrogens is 293 g/mol. The fourth-order valence-electron chi connectivity index (χ4n) is 2.51. The fraction of sp³-hybridized carbons (Fsp3) is 0.294. The number of hydrogen-bond acceptors (Lipinski definition) is 4. The lowest BCUT2D eigenvalue weighted by atomic mass is 10.1. The van der Waals surface area contributed by atoms with Crippen LogP contribution in [0.1, 0.15) is 19.3 Å². The van der Waals surface area contributed by atoms with Crippen LogP contribution < -0.4 is 11.1 Å². The van der Waals surface area contributed by atoms with Crippen molar-refractivity contribution in [2.24, 2.45) is 5.73 Å². The predicted molar refractivity (Wildman–Crippen MR) is 89.8 cm³/mol. The van der Waals surface area contributed by atoms with Crippen LogP contribution in [0.15, 0.2) is 42.6 Å².